The van der Waals surface area contributed by atoms with Gasteiger partial charge in [0.1, 0.15) is 0 Å². The molecule has 4 heavy (non-hydrogen) atoms. The van der Waals surface area contributed by atoms with E-state index < -0.39 is 15.1 Å². The van der Waals surface area contributed by atoms with Gasteiger partial charge in [-0.3, -0.25) is 0 Å². The molecule has 0 aromatic carbocycles. The van der Waals surface area contributed by atoms with Gasteiger partial charge < -0.3 is 0 Å². The van der Waals surface area contributed by atoms with Gasteiger partial charge in [0.05, 0.1) is 0 Å². The quantitative estimate of drug-likeness (QED) is 0.283. The molecule has 0 aliphatic carbocycles. The summed E-state index contributed by atoms with van der Waals surface area (Å²) in [5.41, 5.74) is 0. The Hall–Kier alpha value is 1.13. The first-order valence-corrected chi connectivity index (χ1v) is 1.41. The third kappa shape index (κ3) is 11.1. The fourth-order valence-corrected chi connectivity index (χ4v) is 0. The van der Waals surface area contributed by atoms with Crippen molar-refractivity contribution in [2.24, 2.45) is 0 Å². The summed E-state index contributed by atoms with van der Waals surface area (Å²) >= 11 is -1.75. The van der Waals surface area contributed by atoms with Gasteiger partial charge in [-0.15, -0.1) is 0 Å². The number of rotatable bonds is 0. The Balaban J connectivity index is 0. The van der Waals surface area contributed by atoms with Crippen molar-refractivity contribution in [3.63, 3.8) is 0 Å². The van der Waals surface area contributed by atoms with Crippen LogP contribution < -0.4 is 29.6 Å². The van der Waals surface area contributed by atoms with Crippen LogP contribution in [0.15, 0.2) is 0 Å². The van der Waals surface area contributed by atoms with Crippen molar-refractivity contribution in [2.75, 3.05) is 0 Å². The summed E-state index contributed by atoms with van der Waals surface area (Å²) in [5.74, 6) is 0. The van der Waals surface area contributed by atoms with E-state index in [-0.39, 0.29) is 29.6 Å². The maximum atomic E-state index is 8.46. The summed E-state index contributed by atoms with van der Waals surface area (Å²) in [6.07, 6.45) is 0. The summed E-state index contributed by atoms with van der Waals surface area (Å²) in [6.45, 7) is 0. The second-order valence-electron chi connectivity index (χ2n) is 0.0962. The Morgan fingerprint density at radius 2 is 1.25 bits per heavy atom. The zero-order chi connectivity index (χ0) is 2.71. The normalized spacial score (nSPS) is 2.00. The predicted octanol–water partition coefficient (Wildman–Crippen LogP) is -3.61. The maximum absolute atomic E-state index is 8.46. The van der Waals surface area contributed by atoms with Crippen molar-refractivity contribution < 1.29 is 37.2 Å². The first-order chi connectivity index (χ1) is 1.41. The molecule has 0 fully saturated rings. The van der Waals surface area contributed by atoms with Crippen LogP contribution in [0.3, 0.4) is 0 Å². The first kappa shape index (κ1) is 8.93. The molecular weight excluding hydrogens is 82.0 g/mol. The molecular formula is AlNaO2. The van der Waals surface area contributed by atoms with Crippen molar-refractivity contribution in [3.8, 4) is 0 Å². The molecule has 0 rings (SSSR count). The van der Waals surface area contributed by atoms with Gasteiger partial charge in [0.25, 0.3) is 0 Å². The monoisotopic (exact) mass is 82.0 g/mol. The molecule has 0 atom stereocenters. The van der Waals surface area contributed by atoms with E-state index in [9.17, 15) is 0 Å². The molecule has 0 heterocycles. The van der Waals surface area contributed by atoms with Crippen LogP contribution in [0.4, 0.5) is 0 Å². The minimum atomic E-state index is -1.75. The molecule has 2 nitrogen and oxygen atoms in total. The van der Waals surface area contributed by atoms with E-state index in [0.717, 1.165) is 0 Å². The molecule has 0 aliphatic rings. The second-order valence-corrected chi connectivity index (χ2v) is 0.289. The summed E-state index contributed by atoms with van der Waals surface area (Å²) in [6, 6.07) is 0. The second kappa shape index (κ2) is 8.92. The molecule has 0 bridgehead atoms. The van der Waals surface area contributed by atoms with Crippen LogP contribution >= 0.6 is 0 Å². The van der Waals surface area contributed by atoms with Gasteiger partial charge in [0.2, 0.25) is 0 Å². The van der Waals surface area contributed by atoms with Crippen LogP contribution in [0, 0.1) is 0 Å². The van der Waals surface area contributed by atoms with Crippen LogP contribution in [0.25, 0.3) is 0 Å². The molecule has 0 aromatic rings. The van der Waals surface area contributed by atoms with Crippen LogP contribution in [0.2, 0.25) is 0 Å². The molecule has 0 spiro atoms. The van der Waals surface area contributed by atoms with Crippen LogP contribution in [0.1, 0.15) is 0 Å². The van der Waals surface area contributed by atoms with E-state index in [2.05, 4.69) is 0 Å². The van der Waals surface area contributed by atoms with Gasteiger partial charge in [-0.05, 0) is 0 Å². The van der Waals surface area contributed by atoms with Crippen molar-refractivity contribution in [2.45, 2.75) is 0 Å². The summed E-state index contributed by atoms with van der Waals surface area (Å²) in [7, 11) is 0. The van der Waals surface area contributed by atoms with Crippen LogP contribution in [-0.4, -0.2) is 15.1 Å². The molecule has 0 amide bonds. The Labute approximate surface area is 52.0 Å². The zero-order valence-electron chi connectivity index (χ0n) is 2.39. The molecule has 0 unspecified atom stereocenters. The molecule has 4 heteroatoms. The van der Waals surface area contributed by atoms with Gasteiger partial charge in [0.15, 0.2) is 0 Å². The third-order valence-electron chi connectivity index (χ3n) is 0. The van der Waals surface area contributed by atoms with Gasteiger partial charge in [-0.25, -0.2) is 0 Å². The van der Waals surface area contributed by atoms with E-state index in [0.29, 0.717) is 0 Å². The topological polar surface area (TPSA) is 34.1 Å². The van der Waals surface area contributed by atoms with Gasteiger partial charge in [0, 0.05) is 0 Å². The third-order valence-corrected chi connectivity index (χ3v) is 0. The number of hydrogen-bond donors (Lipinski definition) is 0. The van der Waals surface area contributed by atoms with E-state index in [1.807, 2.05) is 0 Å². The molecule has 0 saturated carbocycles. The van der Waals surface area contributed by atoms with E-state index >= 15 is 0 Å². The first-order valence-electron chi connectivity index (χ1n) is 0.471. The Morgan fingerprint density at radius 1 is 1.25 bits per heavy atom. The molecule has 0 N–H and O–H groups in total. The van der Waals surface area contributed by atoms with Crippen molar-refractivity contribution in [3.05, 3.63) is 0 Å². The zero-order valence-corrected chi connectivity index (χ0v) is 5.55. The van der Waals surface area contributed by atoms with Crippen molar-refractivity contribution in [1.82, 2.24) is 0 Å². The van der Waals surface area contributed by atoms with E-state index in [1.54, 1.807) is 0 Å². The predicted molar refractivity (Wildman–Crippen MR) is 7.13 cm³/mol. The Kier molecular flexibility index (Phi) is 19.9. The molecule has 0 aliphatic heterocycles. The van der Waals surface area contributed by atoms with Gasteiger partial charge in [-0.2, -0.15) is 0 Å². The standard InChI is InChI=1S/Al.Na.2O/q-1;+1;;. The SMILES string of the molecule is [Na+].[O]=[Al-]=[O]. The molecule has 0 aromatic heterocycles. The number of hydrogen-bond acceptors (Lipinski definition) is 2. The fraction of sp³-hybridized carbons (Fsp3) is 0. The Morgan fingerprint density at radius 3 is 1.25 bits per heavy atom. The Bertz CT molecular complexity index is 27.0. The summed E-state index contributed by atoms with van der Waals surface area (Å²) < 4.78 is 16.9. The average molecular weight is 82.0 g/mol. The van der Waals surface area contributed by atoms with E-state index in [1.165, 1.54) is 0 Å². The van der Waals surface area contributed by atoms with Gasteiger partial charge in [-0.1, -0.05) is 0 Å². The van der Waals surface area contributed by atoms with E-state index in [4.69, 9.17) is 7.61 Å². The van der Waals surface area contributed by atoms with Gasteiger partial charge >= 0.3 is 52.3 Å². The minimum absolute atomic E-state index is 0. The molecule has 0 saturated heterocycles. The summed E-state index contributed by atoms with van der Waals surface area (Å²) in [4.78, 5) is 0. The molecule has 16 valence electrons. The van der Waals surface area contributed by atoms with Crippen LogP contribution in [-0.2, 0) is 7.61 Å². The van der Waals surface area contributed by atoms with Crippen molar-refractivity contribution in [1.29, 1.82) is 0 Å². The van der Waals surface area contributed by atoms with Crippen LogP contribution in [0.5, 0.6) is 0 Å². The van der Waals surface area contributed by atoms with Crippen molar-refractivity contribution >= 4 is 15.1 Å². The molecule has 0 radical (unpaired) electrons. The fourth-order valence-electron chi connectivity index (χ4n) is 0. The average Bonchev–Trinajstić information content (AvgIpc) is 0.918. The summed E-state index contributed by atoms with van der Waals surface area (Å²) in [5, 5.41) is 0.